The maximum Gasteiger partial charge on any atom is 0.0986 e. The highest BCUT2D eigenvalue weighted by molar-refractivity contribution is 7.80. The van der Waals surface area contributed by atoms with E-state index >= 15 is 0 Å². The smallest absolute Gasteiger partial charge is 0.0986 e. The normalized spacial score (nSPS) is 35.7. The summed E-state index contributed by atoms with van der Waals surface area (Å²) in [6, 6.07) is 10.7. The second-order valence-electron chi connectivity index (χ2n) is 5.76. The Kier molecular flexibility index (Phi) is 3.12. The lowest BCUT2D eigenvalue weighted by Crippen LogP contribution is -2.52. The van der Waals surface area contributed by atoms with Crippen LogP contribution in [-0.4, -0.2) is 10.7 Å². The molecule has 2 fully saturated rings. The van der Waals surface area contributed by atoms with Crippen LogP contribution in [0.3, 0.4) is 0 Å². The molecule has 2 N–H and O–H groups in total. The summed E-state index contributed by atoms with van der Waals surface area (Å²) in [6.45, 7) is 2.34. The largest absolute Gasteiger partial charge is 0.360 e. The van der Waals surface area contributed by atoms with Crippen molar-refractivity contribution in [3.05, 3.63) is 35.9 Å². The highest BCUT2D eigenvalue weighted by Gasteiger charge is 2.43. The molecule has 3 unspecified atom stereocenters. The number of hydrogen-bond donors (Lipinski definition) is 2. The highest BCUT2D eigenvalue weighted by atomic mass is 32.1. The van der Waals surface area contributed by atoms with Crippen LogP contribution in [0.4, 0.5) is 0 Å². The molecule has 3 heteroatoms. The summed E-state index contributed by atoms with van der Waals surface area (Å²) in [4.78, 5) is 0.954. The number of rotatable bonds is 1. The Bertz CT molecular complexity index is 445. The van der Waals surface area contributed by atoms with Gasteiger partial charge in [0.05, 0.1) is 16.7 Å². The molecule has 1 aliphatic heterocycles. The molecule has 1 saturated heterocycles. The Labute approximate surface area is 114 Å². The van der Waals surface area contributed by atoms with Gasteiger partial charge in [0.2, 0.25) is 0 Å². The van der Waals surface area contributed by atoms with E-state index in [-0.39, 0.29) is 11.7 Å². The lowest BCUT2D eigenvalue weighted by molar-refractivity contribution is 0.186. The van der Waals surface area contributed by atoms with Gasteiger partial charge in [-0.25, -0.2) is 0 Å². The Morgan fingerprint density at radius 2 is 2.06 bits per heavy atom. The minimum Gasteiger partial charge on any atom is -0.360 e. The summed E-state index contributed by atoms with van der Waals surface area (Å²) in [5.41, 5.74) is 1.32. The number of benzene rings is 1. The summed E-state index contributed by atoms with van der Waals surface area (Å²) < 4.78 is 0. The Hall–Kier alpha value is -0.930. The van der Waals surface area contributed by atoms with Crippen molar-refractivity contribution >= 4 is 17.2 Å². The van der Waals surface area contributed by atoms with Gasteiger partial charge in [-0.3, -0.25) is 5.32 Å². The third-order valence-electron chi connectivity index (χ3n) is 4.18. The molecule has 18 heavy (non-hydrogen) atoms. The van der Waals surface area contributed by atoms with Crippen molar-refractivity contribution in [3.8, 4) is 0 Å². The van der Waals surface area contributed by atoms with Gasteiger partial charge in [0.1, 0.15) is 0 Å². The molecule has 1 aromatic carbocycles. The summed E-state index contributed by atoms with van der Waals surface area (Å²) in [5, 5.41) is 7.32. The topological polar surface area (TPSA) is 24.1 Å². The molecule has 1 aromatic rings. The number of hydrogen-bond acceptors (Lipinski definition) is 2. The molecule has 2 aliphatic rings. The molecule has 1 spiro atoms. The van der Waals surface area contributed by atoms with E-state index in [1.807, 2.05) is 6.07 Å². The maximum atomic E-state index is 5.54. The zero-order chi connectivity index (χ0) is 12.6. The van der Waals surface area contributed by atoms with E-state index < -0.39 is 0 Å². The van der Waals surface area contributed by atoms with Crippen molar-refractivity contribution in [3.63, 3.8) is 0 Å². The van der Waals surface area contributed by atoms with Crippen LogP contribution in [0.1, 0.15) is 44.2 Å². The van der Waals surface area contributed by atoms with Crippen LogP contribution >= 0.6 is 12.2 Å². The average Bonchev–Trinajstić information content (AvgIpc) is 2.67. The second-order valence-corrected chi connectivity index (χ2v) is 6.20. The van der Waals surface area contributed by atoms with Crippen LogP contribution in [-0.2, 0) is 0 Å². The van der Waals surface area contributed by atoms with E-state index in [1.54, 1.807) is 0 Å². The second kappa shape index (κ2) is 4.63. The van der Waals surface area contributed by atoms with Crippen LogP contribution in [0, 0.1) is 5.92 Å². The summed E-state index contributed by atoms with van der Waals surface area (Å²) >= 11 is 5.54. The molecule has 3 atom stereocenters. The summed E-state index contributed by atoms with van der Waals surface area (Å²) in [6.07, 6.45) is 4.98. The van der Waals surface area contributed by atoms with E-state index in [9.17, 15) is 0 Å². The Balaban J connectivity index is 1.82. The van der Waals surface area contributed by atoms with Gasteiger partial charge in [0, 0.05) is 0 Å². The van der Waals surface area contributed by atoms with Gasteiger partial charge in [-0.05, 0) is 30.7 Å². The molecule has 3 rings (SSSR count). The lowest BCUT2D eigenvalue weighted by Gasteiger charge is -2.37. The van der Waals surface area contributed by atoms with E-state index in [0.29, 0.717) is 0 Å². The average molecular weight is 260 g/mol. The fraction of sp³-hybridized carbons (Fsp3) is 0.533. The molecule has 0 bridgehead atoms. The highest BCUT2D eigenvalue weighted by Crippen LogP contribution is 2.36. The SMILES string of the molecule is CC1CCCC2(C1)NC(=S)C(c1ccccc1)N2. The predicted molar refractivity (Wildman–Crippen MR) is 78.4 cm³/mol. The first-order valence-electron chi connectivity index (χ1n) is 6.83. The van der Waals surface area contributed by atoms with Crippen molar-refractivity contribution in [1.82, 2.24) is 10.6 Å². The molecular formula is C15H20N2S. The van der Waals surface area contributed by atoms with Crippen molar-refractivity contribution in [2.45, 2.75) is 44.3 Å². The number of thiocarbonyl (C=S) groups is 1. The van der Waals surface area contributed by atoms with Gasteiger partial charge in [0.25, 0.3) is 0 Å². The molecule has 0 radical (unpaired) electrons. The van der Waals surface area contributed by atoms with Crippen molar-refractivity contribution in [1.29, 1.82) is 0 Å². The van der Waals surface area contributed by atoms with Crippen molar-refractivity contribution < 1.29 is 0 Å². The van der Waals surface area contributed by atoms with E-state index in [4.69, 9.17) is 12.2 Å². The predicted octanol–water partition coefficient (Wildman–Crippen LogP) is 3.15. The fourth-order valence-corrected chi connectivity index (χ4v) is 3.75. The Morgan fingerprint density at radius 1 is 1.28 bits per heavy atom. The third-order valence-corrected chi connectivity index (χ3v) is 4.51. The van der Waals surface area contributed by atoms with Crippen LogP contribution in [0.5, 0.6) is 0 Å². The molecule has 1 heterocycles. The maximum absolute atomic E-state index is 5.54. The first-order valence-corrected chi connectivity index (χ1v) is 7.24. The van der Waals surface area contributed by atoms with Gasteiger partial charge in [0.15, 0.2) is 0 Å². The minimum absolute atomic E-state index is 0.0509. The van der Waals surface area contributed by atoms with E-state index in [0.717, 1.165) is 10.9 Å². The molecule has 96 valence electrons. The third kappa shape index (κ3) is 2.17. The zero-order valence-electron chi connectivity index (χ0n) is 10.8. The first-order chi connectivity index (χ1) is 8.69. The van der Waals surface area contributed by atoms with Crippen LogP contribution in [0.25, 0.3) is 0 Å². The molecule has 1 aliphatic carbocycles. The van der Waals surface area contributed by atoms with Gasteiger partial charge < -0.3 is 5.32 Å². The monoisotopic (exact) mass is 260 g/mol. The molecule has 1 saturated carbocycles. The minimum atomic E-state index is 0.0509. The van der Waals surface area contributed by atoms with Gasteiger partial charge in [-0.15, -0.1) is 0 Å². The Morgan fingerprint density at radius 3 is 2.78 bits per heavy atom. The van der Waals surface area contributed by atoms with Gasteiger partial charge >= 0.3 is 0 Å². The van der Waals surface area contributed by atoms with E-state index in [1.165, 1.54) is 31.2 Å². The molecule has 2 nitrogen and oxygen atoms in total. The molecule has 0 amide bonds. The van der Waals surface area contributed by atoms with Gasteiger partial charge in [-0.2, -0.15) is 0 Å². The van der Waals surface area contributed by atoms with Crippen LogP contribution < -0.4 is 10.6 Å². The quantitative estimate of drug-likeness (QED) is 0.759. The summed E-state index contributed by atoms with van der Waals surface area (Å²) in [5.74, 6) is 0.774. The van der Waals surface area contributed by atoms with Crippen LogP contribution in [0.15, 0.2) is 30.3 Å². The molecule has 0 aromatic heterocycles. The zero-order valence-corrected chi connectivity index (χ0v) is 11.6. The number of nitrogens with one attached hydrogen (secondary N) is 2. The lowest BCUT2D eigenvalue weighted by atomic mass is 9.82. The molecular weight excluding hydrogens is 240 g/mol. The standard InChI is InChI=1S/C15H20N2S/c1-11-6-5-9-15(10-11)16-13(14(18)17-15)12-7-3-2-4-8-12/h2-4,7-8,11,13,16H,5-6,9-10H2,1H3,(H,17,18). The van der Waals surface area contributed by atoms with Crippen molar-refractivity contribution in [2.24, 2.45) is 5.92 Å². The van der Waals surface area contributed by atoms with Crippen LogP contribution in [0.2, 0.25) is 0 Å². The van der Waals surface area contributed by atoms with Gasteiger partial charge in [-0.1, -0.05) is 55.9 Å². The summed E-state index contributed by atoms with van der Waals surface area (Å²) in [7, 11) is 0. The van der Waals surface area contributed by atoms with E-state index in [2.05, 4.69) is 41.8 Å². The first kappa shape index (κ1) is 12.1. The fourth-order valence-electron chi connectivity index (χ4n) is 3.36. The van der Waals surface area contributed by atoms with Crippen molar-refractivity contribution in [2.75, 3.05) is 0 Å².